The van der Waals surface area contributed by atoms with Gasteiger partial charge in [0.1, 0.15) is 15.9 Å². The minimum absolute atomic E-state index is 0.0830. The second-order valence-corrected chi connectivity index (χ2v) is 5.75. The molecule has 0 fully saturated rings. The van der Waals surface area contributed by atoms with Crippen LogP contribution in [-0.4, -0.2) is 19.7 Å². The van der Waals surface area contributed by atoms with Crippen LogP contribution >= 0.6 is 23.1 Å². The normalized spacial score (nSPS) is 10.6. The van der Waals surface area contributed by atoms with Crippen molar-refractivity contribution >= 4 is 33.3 Å². The highest BCUT2D eigenvalue weighted by molar-refractivity contribution is 7.99. The van der Waals surface area contributed by atoms with Gasteiger partial charge in [-0.25, -0.2) is 4.98 Å². The number of fused-ring (bicyclic) bond motifs is 1. The van der Waals surface area contributed by atoms with Gasteiger partial charge in [-0.3, -0.25) is 9.36 Å². The molecule has 3 rings (SSSR count). The highest BCUT2D eigenvalue weighted by atomic mass is 32.2. The summed E-state index contributed by atoms with van der Waals surface area (Å²) in [5.41, 5.74) is 0.172. The van der Waals surface area contributed by atoms with Crippen LogP contribution in [-0.2, 0) is 7.05 Å². The molecular formula is C12H7N5OS2. The van der Waals surface area contributed by atoms with Crippen LogP contribution in [0.3, 0.4) is 0 Å². The zero-order valence-electron chi connectivity index (χ0n) is 10.3. The fourth-order valence-electron chi connectivity index (χ4n) is 1.60. The quantitative estimate of drug-likeness (QED) is 0.671. The first-order chi connectivity index (χ1) is 9.69. The molecule has 3 aromatic heterocycles. The number of hydrogen-bond donors (Lipinski definition) is 0. The van der Waals surface area contributed by atoms with E-state index in [9.17, 15) is 4.79 Å². The molecule has 20 heavy (non-hydrogen) atoms. The van der Waals surface area contributed by atoms with E-state index in [2.05, 4.69) is 15.2 Å². The van der Waals surface area contributed by atoms with Crippen molar-refractivity contribution in [3.8, 4) is 6.07 Å². The average Bonchev–Trinajstić information content (AvgIpc) is 2.93. The van der Waals surface area contributed by atoms with Gasteiger partial charge in [-0.05, 0) is 35.3 Å². The van der Waals surface area contributed by atoms with Gasteiger partial charge in [-0.15, -0.1) is 21.5 Å². The van der Waals surface area contributed by atoms with Crippen molar-refractivity contribution in [3.63, 3.8) is 0 Å². The van der Waals surface area contributed by atoms with Crippen molar-refractivity contribution in [3.05, 3.63) is 39.6 Å². The first kappa shape index (κ1) is 12.8. The van der Waals surface area contributed by atoms with Crippen LogP contribution in [0, 0.1) is 11.3 Å². The van der Waals surface area contributed by atoms with Gasteiger partial charge in [0.2, 0.25) is 0 Å². The molecule has 6 nitrogen and oxygen atoms in total. The molecule has 8 heteroatoms. The van der Waals surface area contributed by atoms with Crippen LogP contribution in [0.25, 0.3) is 10.2 Å². The standard InChI is InChI=1S/C12H7N5OS2/c1-17-11(18)8-4-5-19-10(8)14-12(17)20-9-3-2-7(6-13)15-16-9/h2-5H,1H3. The molecule has 0 saturated carbocycles. The molecule has 3 aromatic rings. The lowest BCUT2D eigenvalue weighted by atomic mass is 10.4. The van der Waals surface area contributed by atoms with Gasteiger partial charge >= 0.3 is 0 Å². The molecular weight excluding hydrogens is 294 g/mol. The lowest BCUT2D eigenvalue weighted by Gasteiger charge is -2.05. The second-order valence-electron chi connectivity index (χ2n) is 3.87. The summed E-state index contributed by atoms with van der Waals surface area (Å²) < 4.78 is 1.49. The average molecular weight is 301 g/mol. The molecule has 0 N–H and O–H groups in total. The molecule has 0 radical (unpaired) electrons. The first-order valence-electron chi connectivity index (χ1n) is 5.55. The fourth-order valence-corrected chi connectivity index (χ4v) is 3.17. The van der Waals surface area contributed by atoms with Crippen molar-refractivity contribution in [1.29, 1.82) is 5.26 Å². The lowest BCUT2D eigenvalue weighted by molar-refractivity contribution is 0.726. The largest absolute Gasteiger partial charge is 0.290 e. The van der Waals surface area contributed by atoms with Gasteiger partial charge in [0.05, 0.1) is 5.39 Å². The molecule has 0 bridgehead atoms. The third-order valence-corrected chi connectivity index (χ3v) is 4.40. The molecule has 0 aromatic carbocycles. The highest BCUT2D eigenvalue weighted by Gasteiger charge is 2.11. The molecule has 0 spiro atoms. The van der Waals surface area contributed by atoms with Crippen molar-refractivity contribution in [2.75, 3.05) is 0 Å². The number of rotatable bonds is 2. The van der Waals surface area contributed by atoms with Gasteiger partial charge in [0.25, 0.3) is 5.56 Å². The highest BCUT2D eigenvalue weighted by Crippen LogP contribution is 2.25. The number of thiophene rings is 1. The van der Waals surface area contributed by atoms with E-state index in [0.29, 0.717) is 20.4 Å². The van der Waals surface area contributed by atoms with Gasteiger partial charge in [0.15, 0.2) is 10.9 Å². The molecule has 0 aliphatic heterocycles. The van der Waals surface area contributed by atoms with Gasteiger partial charge in [0, 0.05) is 7.05 Å². The van der Waals surface area contributed by atoms with Crippen LogP contribution < -0.4 is 5.56 Å². The Morgan fingerprint density at radius 1 is 1.35 bits per heavy atom. The summed E-state index contributed by atoms with van der Waals surface area (Å²) in [5.74, 6) is 0. The maximum Gasteiger partial charge on any atom is 0.262 e. The van der Waals surface area contributed by atoms with Crippen molar-refractivity contribution in [2.24, 2.45) is 7.05 Å². The molecule has 0 aliphatic carbocycles. The zero-order valence-corrected chi connectivity index (χ0v) is 11.9. The summed E-state index contributed by atoms with van der Waals surface area (Å²) >= 11 is 2.67. The predicted molar refractivity (Wildman–Crippen MR) is 75.7 cm³/mol. The van der Waals surface area contributed by atoms with E-state index in [1.54, 1.807) is 25.2 Å². The van der Waals surface area contributed by atoms with Crippen molar-refractivity contribution < 1.29 is 0 Å². The third-order valence-electron chi connectivity index (χ3n) is 2.61. The van der Waals surface area contributed by atoms with E-state index in [-0.39, 0.29) is 11.3 Å². The Bertz CT molecular complexity index is 875. The Morgan fingerprint density at radius 2 is 2.20 bits per heavy atom. The molecule has 0 atom stereocenters. The zero-order chi connectivity index (χ0) is 14.1. The Kier molecular flexibility index (Phi) is 3.22. The van der Waals surface area contributed by atoms with E-state index >= 15 is 0 Å². The molecule has 0 amide bonds. The summed E-state index contributed by atoms with van der Waals surface area (Å²) in [6.07, 6.45) is 0. The van der Waals surface area contributed by atoms with Crippen LogP contribution in [0.15, 0.2) is 38.6 Å². The third kappa shape index (κ3) is 2.17. The summed E-state index contributed by atoms with van der Waals surface area (Å²) in [6.45, 7) is 0. The molecule has 0 unspecified atom stereocenters. The van der Waals surface area contributed by atoms with Crippen molar-refractivity contribution in [1.82, 2.24) is 19.7 Å². The minimum Gasteiger partial charge on any atom is -0.290 e. The predicted octanol–water partition coefficient (Wildman–Crippen LogP) is 1.81. The monoisotopic (exact) mass is 301 g/mol. The van der Waals surface area contributed by atoms with E-state index in [4.69, 9.17) is 5.26 Å². The molecule has 98 valence electrons. The SMILES string of the molecule is Cn1c(Sc2ccc(C#N)nn2)nc2sccc2c1=O. The first-order valence-corrected chi connectivity index (χ1v) is 7.24. The molecule has 3 heterocycles. The maximum absolute atomic E-state index is 12.1. The van der Waals surface area contributed by atoms with Crippen LogP contribution in [0.5, 0.6) is 0 Å². The topological polar surface area (TPSA) is 84.5 Å². The fraction of sp³-hybridized carbons (Fsp3) is 0.0833. The van der Waals surface area contributed by atoms with E-state index in [1.165, 1.54) is 27.7 Å². The number of aromatic nitrogens is 4. The summed E-state index contributed by atoms with van der Waals surface area (Å²) in [5, 5.41) is 19.9. The van der Waals surface area contributed by atoms with Crippen LogP contribution in [0.2, 0.25) is 0 Å². The van der Waals surface area contributed by atoms with Crippen molar-refractivity contribution in [2.45, 2.75) is 10.2 Å². The van der Waals surface area contributed by atoms with Gasteiger partial charge in [-0.2, -0.15) is 5.26 Å². The molecule has 0 aliphatic rings. The summed E-state index contributed by atoms with van der Waals surface area (Å²) in [4.78, 5) is 17.3. The Balaban J connectivity index is 2.03. The lowest BCUT2D eigenvalue weighted by Crippen LogP contribution is -2.19. The Labute approximate surface area is 121 Å². The van der Waals surface area contributed by atoms with E-state index < -0.39 is 0 Å². The smallest absolute Gasteiger partial charge is 0.262 e. The van der Waals surface area contributed by atoms with E-state index in [0.717, 1.165) is 0 Å². The van der Waals surface area contributed by atoms with E-state index in [1.807, 2.05) is 11.4 Å². The Morgan fingerprint density at radius 3 is 2.90 bits per heavy atom. The Hall–Kier alpha value is -2.24. The minimum atomic E-state index is -0.0830. The number of nitrogens with zero attached hydrogens (tertiary/aromatic N) is 5. The second kappa shape index (κ2) is 5.03. The summed E-state index contributed by atoms with van der Waals surface area (Å²) in [6, 6.07) is 6.94. The molecule has 0 saturated heterocycles. The van der Waals surface area contributed by atoms with Crippen LogP contribution in [0.4, 0.5) is 0 Å². The van der Waals surface area contributed by atoms with Gasteiger partial charge in [-0.1, -0.05) is 0 Å². The number of hydrogen-bond acceptors (Lipinski definition) is 7. The summed E-state index contributed by atoms with van der Waals surface area (Å²) in [7, 11) is 1.67. The maximum atomic E-state index is 12.1. The van der Waals surface area contributed by atoms with Crippen LogP contribution in [0.1, 0.15) is 5.69 Å². The van der Waals surface area contributed by atoms with Gasteiger partial charge < -0.3 is 0 Å². The number of nitriles is 1.